The molecule has 3 N–H and O–H groups in total. The molecule has 14 heavy (non-hydrogen) atoms. The number of carbonyl (C=O) groups excluding carboxylic acids is 2. The number of hydrogen-bond donors (Lipinski definition) is 2. The van der Waals surface area contributed by atoms with E-state index in [1.165, 1.54) is 4.68 Å². The number of nitrogens with zero attached hydrogens (tertiary/aromatic N) is 1. The molecular formula is C9H11N3O2. The van der Waals surface area contributed by atoms with Crippen molar-refractivity contribution in [1.82, 2.24) is 4.68 Å². The minimum Gasteiger partial charge on any atom is -0.364 e. The fourth-order valence-electron chi connectivity index (χ4n) is 1.23. The summed E-state index contributed by atoms with van der Waals surface area (Å²) in [7, 11) is 0. The second kappa shape index (κ2) is 3.17. The van der Waals surface area contributed by atoms with E-state index in [9.17, 15) is 9.59 Å². The molecule has 1 aliphatic rings. The Kier molecular flexibility index (Phi) is 1.99. The van der Waals surface area contributed by atoms with E-state index >= 15 is 0 Å². The van der Waals surface area contributed by atoms with Crippen molar-refractivity contribution in [2.45, 2.75) is 12.8 Å². The van der Waals surface area contributed by atoms with Gasteiger partial charge in [-0.15, -0.1) is 0 Å². The molecule has 2 amide bonds. The number of rotatable bonds is 3. The summed E-state index contributed by atoms with van der Waals surface area (Å²) in [6.07, 6.45) is 3.46. The third-order valence-corrected chi connectivity index (χ3v) is 2.18. The minimum atomic E-state index is -0.550. The van der Waals surface area contributed by atoms with E-state index in [-0.39, 0.29) is 11.8 Å². The van der Waals surface area contributed by atoms with Gasteiger partial charge in [-0.1, -0.05) is 0 Å². The van der Waals surface area contributed by atoms with Gasteiger partial charge in [0.15, 0.2) is 0 Å². The van der Waals surface area contributed by atoms with Crippen LogP contribution in [0.3, 0.4) is 0 Å². The lowest BCUT2D eigenvalue weighted by atomic mass is 10.4. The first-order valence-electron chi connectivity index (χ1n) is 4.46. The van der Waals surface area contributed by atoms with Crippen molar-refractivity contribution >= 4 is 11.8 Å². The van der Waals surface area contributed by atoms with E-state index in [1.807, 2.05) is 0 Å². The number of aromatic nitrogens is 1. The predicted octanol–water partition coefficient (Wildman–Crippen LogP) is 0.0671. The van der Waals surface area contributed by atoms with Crippen LogP contribution in [0.25, 0.3) is 0 Å². The van der Waals surface area contributed by atoms with Crippen LogP contribution in [0, 0.1) is 5.92 Å². The van der Waals surface area contributed by atoms with Crippen molar-refractivity contribution in [2.75, 3.05) is 5.43 Å². The van der Waals surface area contributed by atoms with E-state index in [0.717, 1.165) is 12.8 Å². The van der Waals surface area contributed by atoms with Crippen molar-refractivity contribution in [1.29, 1.82) is 0 Å². The van der Waals surface area contributed by atoms with Crippen LogP contribution in [0.5, 0.6) is 0 Å². The average molecular weight is 193 g/mol. The number of carbonyl (C=O) groups is 2. The molecule has 2 rings (SSSR count). The highest BCUT2D eigenvalue weighted by Gasteiger charge is 2.30. The molecule has 0 saturated heterocycles. The second-order valence-electron chi connectivity index (χ2n) is 3.38. The van der Waals surface area contributed by atoms with E-state index in [1.54, 1.807) is 18.3 Å². The number of nitrogens with two attached hydrogens (primary N) is 1. The zero-order valence-corrected chi connectivity index (χ0v) is 7.56. The molecule has 1 aromatic rings. The quantitative estimate of drug-likeness (QED) is 0.712. The highest BCUT2D eigenvalue weighted by Crippen LogP contribution is 2.29. The molecule has 0 bridgehead atoms. The van der Waals surface area contributed by atoms with Gasteiger partial charge in [0.25, 0.3) is 5.91 Å². The molecule has 0 atom stereocenters. The third kappa shape index (κ3) is 1.61. The monoisotopic (exact) mass is 193 g/mol. The van der Waals surface area contributed by atoms with Crippen LogP contribution in [-0.4, -0.2) is 16.5 Å². The molecular weight excluding hydrogens is 182 g/mol. The van der Waals surface area contributed by atoms with Gasteiger partial charge in [-0.3, -0.25) is 19.7 Å². The minimum absolute atomic E-state index is 0.0521. The van der Waals surface area contributed by atoms with Crippen LogP contribution in [0.2, 0.25) is 0 Å². The van der Waals surface area contributed by atoms with E-state index in [2.05, 4.69) is 5.43 Å². The van der Waals surface area contributed by atoms with Crippen molar-refractivity contribution < 1.29 is 9.59 Å². The van der Waals surface area contributed by atoms with Crippen molar-refractivity contribution in [3.63, 3.8) is 0 Å². The first kappa shape index (κ1) is 8.80. The Morgan fingerprint density at radius 1 is 1.50 bits per heavy atom. The molecule has 0 aliphatic heterocycles. The van der Waals surface area contributed by atoms with Gasteiger partial charge in [0, 0.05) is 12.1 Å². The maximum atomic E-state index is 11.4. The first-order chi connectivity index (χ1) is 6.68. The molecule has 1 aromatic heterocycles. The van der Waals surface area contributed by atoms with Crippen LogP contribution in [0.1, 0.15) is 23.3 Å². The molecule has 0 aromatic carbocycles. The molecule has 1 saturated carbocycles. The molecule has 5 nitrogen and oxygen atoms in total. The molecule has 0 radical (unpaired) electrons. The zero-order chi connectivity index (χ0) is 10.1. The highest BCUT2D eigenvalue weighted by atomic mass is 16.2. The van der Waals surface area contributed by atoms with E-state index in [0.29, 0.717) is 5.69 Å². The Labute approximate surface area is 80.9 Å². The highest BCUT2D eigenvalue weighted by molar-refractivity contribution is 5.93. The topological polar surface area (TPSA) is 77.1 Å². The van der Waals surface area contributed by atoms with Gasteiger partial charge in [0.1, 0.15) is 5.69 Å². The summed E-state index contributed by atoms with van der Waals surface area (Å²) in [5.41, 5.74) is 8.02. The summed E-state index contributed by atoms with van der Waals surface area (Å²) < 4.78 is 1.36. The van der Waals surface area contributed by atoms with Gasteiger partial charge in [0.2, 0.25) is 5.91 Å². The van der Waals surface area contributed by atoms with Crippen molar-refractivity contribution in [3.8, 4) is 0 Å². The van der Waals surface area contributed by atoms with E-state index < -0.39 is 5.91 Å². The molecule has 0 spiro atoms. The summed E-state index contributed by atoms with van der Waals surface area (Å²) in [4.78, 5) is 22.3. The summed E-state index contributed by atoms with van der Waals surface area (Å²) >= 11 is 0. The summed E-state index contributed by atoms with van der Waals surface area (Å²) in [6, 6.07) is 3.22. The van der Waals surface area contributed by atoms with Crippen LogP contribution >= 0.6 is 0 Å². The zero-order valence-electron chi connectivity index (χ0n) is 7.56. The van der Waals surface area contributed by atoms with Gasteiger partial charge >= 0.3 is 0 Å². The van der Waals surface area contributed by atoms with Gasteiger partial charge in [-0.25, -0.2) is 0 Å². The van der Waals surface area contributed by atoms with E-state index in [4.69, 9.17) is 5.73 Å². The fourth-order valence-corrected chi connectivity index (χ4v) is 1.23. The molecule has 1 heterocycles. The molecule has 5 heteroatoms. The Balaban J connectivity index is 2.11. The number of primary amides is 1. The lowest BCUT2D eigenvalue weighted by Crippen LogP contribution is -2.28. The number of hydrogen-bond acceptors (Lipinski definition) is 2. The fraction of sp³-hybridized carbons (Fsp3) is 0.333. The van der Waals surface area contributed by atoms with Crippen LogP contribution in [0.4, 0.5) is 0 Å². The van der Waals surface area contributed by atoms with Crippen LogP contribution < -0.4 is 11.2 Å². The molecule has 1 aliphatic carbocycles. The summed E-state index contributed by atoms with van der Waals surface area (Å²) in [6.45, 7) is 0. The van der Waals surface area contributed by atoms with Crippen LogP contribution in [-0.2, 0) is 4.79 Å². The maximum absolute atomic E-state index is 11.4. The maximum Gasteiger partial charge on any atom is 0.267 e. The second-order valence-corrected chi connectivity index (χ2v) is 3.38. The van der Waals surface area contributed by atoms with Gasteiger partial charge in [-0.2, -0.15) is 0 Å². The van der Waals surface area contributed by atoms with Gasteiger partial charge in [0.05, 0.1) is 0 Å². The Bertz CT molecular complexity index is 379. The standard InChI is InChI=1S/C9H11N3O2/c10-8(13)7-2-1-5-12(7)11-9(14)6-3-4-6/h1-2,5-6H,3-4H2,(H2,10,13)(H,11,14). The van der Waals surface area contributed by atoms with Crippen LogP contribution in [0.15, 0.2) is 18.3 Å². The normalized spacial score (nSPS) is 15.1. The SMILES string of the molecule is NC(=O)c1cccn1NC(=O)C1CC1. The lowest BCUT2D eigenvalue weighted by Gasteiger charge is -2.07. The first-order valence-corrected chi connectivity index (χ1v) is 4.46. The van der Waals surface area contributed by atoms with Crippen molar-refractivity contribution in [2.24, 2.45) is 11.7 Å². The Morgan fingerprint density at radius 2 is 2.21 bits per heavy atom. The largest absolute Gasteiger partial charge is 0.364 e. The summed E-state index contributed by atoms with van der Waals surface area (Å²) in [5.74, 6) is -0.493. The number of nitrogens with one attached hydrogen (secondary N) is 1. The van der Waals surface area contributed by atoms with Crippen molar-refractivity contribution in [3.05, 3.63) is 24.0 Å². The molecule has 74 valence electrons. The smallest absolute Gasteiger partial charge is 0.267 e. The number of amides is 2. The van der Waals surface area contributed by atoms with Gasteiger partial charge < -0.3 is 5.73 Å². The average Bonchev–Trinajstić information content (AvgIpc) is 2.87. The molecule has 0 unspecified atom stereocenters. The molecule has 1 fully saturated rings. The lowest BCUT2D eigenvalue weighted by molar-refractivity contribution is -0.118. The Hall–Kier alpha value is -1.78. The van der Waals surface area contributed by atoms with Gasteiger partial charge in [-0.05, 0) is 25.0 Å². The third-order valence-electron chi connectivity index (χ3n) is 2.18. The predicted molar refractivity (Wildman–Crippen MR) is 50.0 cm³/mol. The Morgan fingerprint density at radius 3 is 2.79 bits per heavy atom. The summed E-state index contributed by atoms with van der Waals surface area (Å²) in [5, 5.41) is 0.